The number of carbonyl (C=O) groups is 1. The van der Waals surface area contributed by atoms with Crippen LogP contribution in [0.25, 0.3) is 11.0 Å². The van der Waals surface area contributed by atoms with Crippen molar-refractivity contribution in [1.29, 1.82) is 0 Å². The van der Waals surface area contributed by atoms with Crippen molar-refractivity contribution in [3.63, 3.8) is 0 Å². The van der Waals surface area contributed by atoms with Gasteiger partial charge in [-0.3, -0.25) is 4.79 Å². The molecule has 33 heavy (non-hydrogen) atoms. The number of ether oxygens (including phenoxy) is 1. The first-order valence-corrected chi connectivity index (χ1v) is 11.4. The van der Waals surface area contributed by atoms with Crippen molar-refractivity contribution in [2.45, 2.75) is 25.3 Å². The van der Waals surface area contributed by atoms with Gasteiger partial charge in [-0.25, -0.2) is 9.37 Å². The van der Waals surface area contributed by atoms with E-state index in [1.54, 1.807) is 17.0 Å². The van der Waals surface area contributed by atoms with Gasteiger partial charge in [0.25, 0.3) is 0 Å². The minimum atomic E-state index is -0.315. The summed E-state index contributed by atoms with van der Waals surface area (Å²) in [6.45, 7) is 1.80. The standard InChI is InChI=1S/C26H23ClFN3O2/c27-19-6-12-22(13-7-19)33-15-3-14-30-24-5-2-1-4-23(24)29-26(30)18-16-25(32)31(17-18)21-10-8-20(28)9-11-21/h1-2,4-13,18H,3,14-17H2/t18-/m0/s1. The van der Waals surface area contributed by atoms with E-state index in [-0.39, 0.29) is 17.6 Å². The molecule has 5 rings (SSSR count). The van der Waals surface area contributed by atoms with E-state index in [2.05, 4.69) is 10.6 Å². The molecule has 3 aromatic carbocycles. The summed E-state index contributed by atoms with van der Waals surface area (Å²) >= 11 is 5.93. The predicted octanol–water partition coefficient (Wildman–Crippen LogP) is 5.82. The van der Waals surface area contributed by atoms with Crippen LogP contribution < -0.4 is 9.64 Å². The van der Waals surface area contributed by atoms with E-state index < -0.39 is 0 Å². The maximum Gasteiger partial charge on any atom is 0.227 e. The molecule has 1 saturated heterocycles. The SMILES string of the molecule is O=C1C[C@H](c2nc3ccccc3n2CCCOc2ccc(Cl)cc2)CN1c1ccc(F)cc1. The number of hydrogen-bond donors (Lipinski definition) is 0. The summed E-state index contributed by atoms with van der Waals surface area (Å²) in [6.07, 6.45) is 1.17. The van der Waals surface area contributed by atoms with E-state index in [0.717, 1.165) is 35.6 Å². The summed E-state index contributed by atoms with van der Waals surface area (Å²) in [5.74, 6) is 1.36. The normalized spacial score (nSPS) is 16.0. The summed E-state index contributed by atoms with van der Waals surface area (Å²) in [6, 6.07) is 21.4. The molecule has 1 fully saturated rings. The minimum absolute atomic E-state index is 0.0243. The quantitative estimate of drug-likeness (QED) is 0.324. The van der Waals surface area contributed by atoms with Gasteiger partial charge in [-0.05, 0) is 67.1 Å². The maximum absolute atomic E-state index is 13.3. The van der Waals surface area contributed by atoms with E-state index in [0.29, 0.717) is 30.3 Å². The lowest BCUT2D eigenvalue weighted by Crippen LogP contribution is -2.24. The molecule has 168 valence electrons. The van der Waals surface area contributed by atoms with Gasteiger partial charge in [0.1, 0.15) is 17.4 Å². The Bertz CT molecular complexity index is 1270. The first kappa shape index (κ1) is 21.5. The van der Waals surface area contributed by atoms with Gasteiger partial charge in [0, 0.05) is 36.1 Å². The third-order valence-electron chi connectivity index (χ3n) is 5.92. The van der Waals surface area contributed by atoms with Crippen LogP contribution in [-0.4, -0.2) is 28.6 Å². The molecule has 1 aliphatic rings. The summed E-state index contributed by atoms with van der Waals surface area (Å²) in [5, 5.41) is 0.678. The lowest BCUT2D eigenvalue weighted by molar-refractivity contribution is -0.117. The van der Waals surface area contributed by atoms with E-state index in [9.17, 15) is 9.18 Å². The largest absolute Gasteiger partial charge is 0.494 e. The fourth-order valence-electron chi connectivity index (χ4n) is 4.34. The van der Waals surface area contributed by atoms with Crippen molar-refractivity contribution < 1.29 is 13.9 Å². The van der Waals surface area contributed by atoms with Crippen molar-refractivity contribution >= 4 is 34.2 Å². The van der Waals surface area contributed by atoms with Crippen molar-refractivity contribution in [3.05, 3.63) is 89.5 Å². The topological polar surface area (TPSA) is 47.4 Å². The minimum Gasteiger partial charge on any atom is -0.494 e. The number of hydrogen-bond acceptors (Lipinski definition) is 3. The van der Waals surface area contributed by atoms with Crippen LogP contribution >= 0.6 is 11.6 Å². The number of para-hydroxylation sites is 2. The molecule has 5 nitrogen and oxygen atoms in total. The number of aromatic nitrogens is 2. The van der Waals surface area contributed by atoms with Crippen LogP contribution in [0.15, 0.2) is 72.8 Å². The molecule has 0 N–H and O–H groups in total. The van der Waals surface area contributed by atoms with Gasteiger partial charge in [0.05, 0.1) is 17.6 Å². The first-order chi connectivity index (χ1) is 16.1. The molecule has 2 heterocycles. The summed E-state index contributed by atoms with van der Waals surface area (Å²) in [5.41, 5.74) is 2.67. The van der Waals surface area contributed by atoms with Crippen LogP contribution in [0.3, 0.4) is 0 Å². The molecule has 0 unspecified atom stereocenters. The van der Waals surface area contributed by atoms with Gasteiger partial charge in [-0.1, -0.05) is 23.7 Å². The smallest absolute Gasteiger partial charge is 0.227 e. The number of benzene rings is 3. The Morgan fingerprint density at radius 2 is 1.79 bits per heavy atom. The monoisotopic (exact) mass is 463 g/mol. The van der Waals surface area contributed by atoms with E-state index in [1.807, 2.05) is 42.5 Å². The summed E-state index contributed by atoms with van der Waals surface area (Å²) in [7, 11) is 0. The van der Waals surface area contributed by atoms with Crippen molar-refractivity contribution in [2.24, 2.45) is 0 Å². The van der Waals surface area contributed by atoms with Gasteiger partial charge in [0.15, 0.2) is 0 Å². The molecule has 1 amide bonds. The molecule has 7 heteroatoms. The predicted molar refractivity (Wildman–Crippen MR) is 127 cm³/mol. The molecule has 0 saturated carbocycles. The lowest BCUT2D eigenvalue weighted by Gasteiger charge is -2.17. The highest BCUT2D eigenvalue weighted by atomic mass is 35.5. The van der Waals surface area contributed by atoms with Crippen LogP contribution in [0.1, 0.15) is 24.6 Å². The van der Waals surface area contributed by atoms with E-state index in [4.69, 9.17) is 21.3 Å². The van der Waals surface area contributed by atoms with Crippen LogP contribution in [0, 0.1) is 5.82 Å². The Hall–Kier alpha value is -3.38. The highest BCUT2D eigenvalue weighted by molar-refractivity contribution is 6.30. The molecule has 1 aliphatic heterocycles. The number of halogens is 2. The van der Waals surface area contributed by atoms with Gasteiger partial charge < -0.3 is 14.2 Å². The molecule has 1 aromatic heterocycles. The van der Waals surface area contributed by atoms with E-state index in [1.165, 1.54) is 12.1 Å². The van der Waals surface area contributed by atoms with Crippen molar-refractivity contribution in [2.75, 3.05) is 18.1 Å². The fourth-order valence-corrected chi connectivity index (χ4v) is 4.46. The Morgan fingerprint density at radius 1 is 1.03 bits per heavy atom. The van der Waals surface area contributed by atoms with Gasteiger partial charge in [-0.2, -0.15) is 0 Å². The Morgan fingerprint density at radius 3 is 2.58 bits per heavy atom. The molecule has 1 atom stereocenters. The first-order valence-electron chi connectivity index (χ1n) is 11.0. The zero-order valence-corrected chi connectivity index (χ0v) is 18.7. The third-order valence-corrected chi connectivity index (χ3v) is 6.17. The number of amides is 1. The highest BCUT2D eigenvalue weighted by Crippen LogP contribution is 2.33. The van der Waals surface area contributed by atoms with Crippen molar-refractivity contribution in [3.8, 4) is 5.75 Å². The second kappa shape index (κ2) is 9.24. The van der Waals surface area contributed by atoms with Crippen LogP contribution in [0.4, 0.5) is 10.1 Å². The molecule has 0 bridgehead atoms. The molecule has 4 aromatic rings. The number of fused-ring (bicyclic) bond motifs is 1. The van der Waals surface area contributed by atoms with Crippen molar-refractivity contribution in [1.82, 2.24) is 9.55 Å². The Balaban J connectivity index is 1.34. The molecular formula is C26H23ClFN3O2. The zero-order valence-electron chi connectivity index (χ0n) is 18.0. The number of nitrogens with zero attached hydrogens (tertiary/aromatic N) is 3. The van der Waals surface area contributed by atoms with Gasteiger partial charge in [0.2, 0.25) is 5.91 Å². The van der Waals surface area contributed by atoms with Crippen LogP contribution in [-0.2, 0) is 11.3 Å². The second-order valence-corrected chi connectivity index (χ2v) is 8.58. The van der Waals surface area contributed by atoms with Crippen LogP contribution in [0.5, 0.6) is 5.75 Å². The van der Waals surface area contributed by atoms with Gasteiger partial charge >= 0.3 is 0 Å². The second-order valence-electron chi connectivity index (χ2n) is 8.15. The van der Waals surface area contributed by atoms with E-state index >= 15 is 0 Å². The molecule has 0 aliphatic carbocycles. The average molecular weight is 464 g/mol. The molecular weight excluding hydrogens is 441 g/mol. The number of imidazole rings is 1. The average Bonchev–Trinajstić information content (AvgIpc) is 3.39. The number of aryl methyl sites for hydroxylation is 1. The summed E-state index contributed by atoms with van der Waals surface area (Å²) < 4.78 is 21.4. The Kier molecular flexibility index (Phi) is 6.01. The third kappa shape index (κ3) is 4.57. The fraction of sp³-hybridized carbons (Fsp3) is 0.231. The number of anilines is 1. The van der Waals surface area contributed by atoms with Crippen LogP contribution in [0.2, 0.25) is 5.02 Å². The molecule has 0 radical (unpaired) electrons. The lowest BCUT2D eigenvalue weighted by atomic mass is 10.1. The number of carbonyl (C=O) groups excluding carboxylic acids is 1. The highest BCUT2D eigenvalue weighted by Gasteiger charge is 2.34. The Labute approximate surface area is 196 Å². The maximum atomic E-state index is 13.3. The molecule has 0 spiro atoms. The van der Waals surface area contributed by atoms with Gasteiger partial charge in [-0.15, -0.1) is 0 Å². The zero-order chi connectivity index (χ0) is 22.8. The number of rotatable bonds is 7. The summed E-state index contributed by atoms with van der Waals surface area (Å²) in [4.78, 5) is 19.4.